The number of rotatable bonds is 8. The van der Waals surface area contributed by atoms with Crippen LogP contribution in [-0.4, -0.2) is 42.8 Å². The first-order chi connectivity index (χ1) is 8.97. The van der Waals surface area contributed by atoms with Gasteiger partial charge in [0.05, 0.1) is 18.6 Å². The van der Waals surface area contributed by atoms with E-state index < -0.39 is 11.4 Å². The van der Waals surface area contributed by atoms with Crippen LogP contribution in [0.1, 0.15) is 39.0 Å². The van der Waals surface area contributed by atoms with E-state index in [0.717, 1.165) is 19.3 Å². The van der Waals surface area contributed by atoms with Crippen LogP contribution >= 0.6 is 0 Å². The molecule has 4 N–H and O–H groups in total. The van der Waals surface area contributed by atoms with Crippen molar-refractivity contribution in [2.24, 2.45) is 11.1 Å². The van der Waals surface area contributed by atoms with Crippen molar-refractivity contribution < 1.29 is 19.4 Å². The molecule has 0 bridgehead atoms. The first kappa shape index (κ1) is 15.9. The normalized spacial score (nSPS) is 26.3. The van der Waals surface area contributed by atoms with Gasteiger partial charge in [0.15, 0.2) is 0 Å². The van der Waals surface area contributed by atoms with Gasteiger partial charge in [-0.3, -0.25) is 9.59 Å². The number of nitrogens with two attached hydrogens (primary N) is 1. The number of carbonyl (C=O) groups is 2. The van der Waals surface area contributed by atoms with Crippen molar-refractivity contribution in [1.29, 1.82) is 0 Å². The van der Waals surface area contributed by atoms with Crippen molar-refractivity contribution >= 4 is 11.9 Å². The molecule has 6 nitrogen and oxygen atoms in total. The van der Waals surface area contributed by atoms with E-state index in [2.05, 4.69) is 5.32 Å². The van der Waals surface area contributed by atoms with Crippen LogP contribution in [0.2, 0.25) is 0 Å². The molecule has 110 valence electrons. The summed E-state index contributed by atoms with van der Waals surface area (Å²) in [4.78, 5) is 22.3. The predicted octanol–water partition coefficient (Wildman–Crippen LogP) is 0.502. The first-order valence-electron chi connectivity index (χ1n) is 6.80. The molecule has 1 amide bonds. The summed E-state index contributed by atoms with van der Waals surface area (Å²) >= 11 is 0. The fourth-order valence-electron chi connectivity index (χ4n) is 2.08. The number of hydrogen-bond donors (Lipinski definition) is 3. The zero-order chi connectivity index (χ0) is 14.3. The van der Waals surface area contributed by atoms with Crippen LogP contribution in [0.15, 0.2) is 0 Å². The lowest BCUT2D eigenvalue weighted by atomic mass is 9.85. The minimum atomic E-state index is -0.753. The lowest BCUT2D eigenvalue weighted by Crippen LogP contribution is -2.50. The van der Waals surface area contributed by atoms with Crippen molar-refractivity contribution in [3.63, 3.8) is 0 Å². The molecule has 0 aromatic carbocycles. The second-order valence-electron chi connectivity index (χ2n) is 5.35. The van der Waals surface area contributed by atoms with Crippen LogP contribution in [-0.2, 0) is 14.3 Å². The van der Waals surface area contributed by atoms with E-state index in [1.54, 1.807) is 0 Å². The minimum absolute atomic E-state index is 0.0527. The van der Waals surface area contributed by atoms with Gasteiger partial charge in [-0.2, -0.15) is 0 Å². The molecule has 0 spiro atoms. The third kappa shape index (κ3) is 4.80. The lowest BCUT2D eigenvalue weighted by Gasteiger charge is -2.25. The molecule has 0 radical (unpaired) electrons. The molecule has 1 fully saturated rings. The number of unbranched alkanes of at least 4 members (excludes halogenated alkanes) is 3. The van der Waals surface area contributed by atoms with Gasteiger partial charge in [0.1, 0.15) is 0 Å². The number of aliphatic carboxylic acids is 1. The quantitative estimate of drug-likeness (QED) is 0.558. The molecule has 2 unspecified atom stereocenters. The Bertz CT molecular complexity index is 322. The highest BCUT2D eigenvalue weighted by Gasteiger charge is 2.44. The van der Waals surface area contributed by atoms with Crippen LogP contribution in [0.5, 0.6) is 0 Å². The molecule has 1 aliphatic heterocycles. The van der Waals surface area contributed by atoms with Gasteiger partial charge in [-0.1, -0.05) is 12.8 Å². The van der Waals surface area contributed by atoms with E-state index in [1.807, 2.05) is 6.92 Å². The first-order valence-corrected chi connectivity index (χ1v) is 6.80. The summed E-state index contributed by atoms with van der Waals surface area (Å²) in [6, 6.07) is -0.247. The Kier molecular flexibility index (Phi) is 6.24. The predicted molar refractivity (Wildman–Crippen MR) is 70.6 cm³/mol. The molecule has 0 aromatic rings. The van der Waals surface area contributed by atoms with Crippen LogP contribution in [0.25, 0.3) is 0 Å². The average molecular weight is 272 g/mol. The van der Waals surface area contributed by atoms with Gasteiger partial charge in [0.25, 0.3) is 0 Å². The lowest BCUT2D eigenvalue weighted by molar-refractivity contribution is -0.137. The monoisotopic (exact) mass is 272 g/mol. The fraction of sp³-hybridized carbons (Fsp3) is 0.846. The van der Waals surface area contributed by atoms with Gasteiger partial charge in [0.2, 0.25) is 5.91 Å². The van der Waals surface area contributed by atoms with Crippen molar-refractivity contribution in [2.75, 3.05) is 19.8 Å². The highest BCUT2D eigenvalue weighted by Crippen LogP contribution is 2.26. The third-order valence-corrected chi connectivity index (χ3v) is 3.64. The number of hydrogen-bond acceptors (Lipinski definition) is 4. The Hall–Kier alpha value is -1.14. The van der Waals surface area contributed by atoms with Crippen molar-refractivity contribution in [1.82, 2.24) is 5.32 Å². The summed E-state index contributed by atoms with van der Waals surface area (Å²) in [5.74, 6) is -0.806. The second kappa shape index (κ2) is 7.45. The molecule has 2 atom stereocenters. The third-order valence-electron chi connectivity index (χ3n) is 3.64. The van der Waals surface area contributed by atoms with E-state index in [0.29, 0.717) is 26.2 Å². The number of amides is 1. The van der Waals surface area contributed by atoms with E-state index in [4.69, 9.17) is 15.6 Å². The van der Waals surface area contributed by atoms with Crippen LogP contribution in [0.3, 0.4) is 0 Å². The van der Waals surface area contributed by atoms with Crippen LogP contribution < -0.4 is 11.1 Å². The zero-order valence-electron chi connectivity index (χ0n) is 11.5. The number of carbonyl (C=O) groups excluding carboxylic acids is 1. The standard InChI is InChI=1S/C13H24N2O4/c1-13(9-19-8-10(13)14)12(18)15-7-5-3-2-4-6-11(16)17/h10H,2-9,14H2,1H3,(H,15,18)(H,16,17). The van der Waals surface area contributed by atoms with Crippen molar-refractivity contribution in [3.8, 4) is 0 Å². The van der Waals surface area contributed by atoms with Crippen molar-refractivity contribution in [3.05, 3.63) is 0 Å². The molecule has 1 saturated heterocycles. The molecular formula is C13H24N2O4. The van der Waals surface area contributed by atoms with E-state index in [1.165, 1.54) is 0 Å². The maximum Gasteiger partial charge on any atom is 0.303 e. The van der Waals surface area contributed by atoms with Gasteiger partial charge < -0.3 is 20.9 Å². The van der Waals surface area contributed by atoms with E-state index in [9.17, 15) is 9.59 Å². The average Bonchev–Trinajstić information content (AvgIpc) is 2.69. The Morgan fingerprint density at radius 2 is 2.05 bits per heavy atom. The minimum Gasteiger partial charge on any atom is -0.481 e. The van der Waals surface area contributed by atoms with E-state index in [-0.39, 0.29) is 18.4 Å². The second-order valence-corrected chi connectivity index (χ2v) is 5.35. The Morgan fingerprint density at radius 1 is 1.37 bits per heavy atom. The molecule has 1 heterocycles. The molecule has 1 aliphatic rings. The smallest absolute Gasteiger partial charge is 0.303 e. The maximum absolute atomic E-state index is 12.0. The zero-order valence-corrected chi connectivity index (χ0v) is 11.5. The molecule has 0 aromatic heterocycles. The van der Waals surface area contributed by atoms with Crippen molar-refractivity contribution in [2.45, 2.75) is 45.1 Å². The highest BCUT2D eigenvalue weighted by molar-refractivity contribution is 5.83. The molecule has 6 heteroatoms. The Morgan fingerprint density at radius 3 is 2.63 bits per heavy atom. The molecule has 0 saturated carbocycles. The van der Waals surface area contributed by atoms with Crippen LogP contribution in [0.4, 0.5) is 0 Å². The molecule has 1 rings (SSSR count). The molecule has 19 heavy (non-hydrogen) atoms. The molecule has 0 aliphatic carbocycles. The Labute approximate surface area is 113 Å². The largest absolute Gasteiger partial charge is 0.481 e. The fourth-order valence-corrected chi connectivity index (χ4v) is 2.08. The summed E-state index contributed by atoms with van der Waals surface area (Å²) in [6.45, 7) is 3.23. The summed E-state index contributed by atoms with van der Waals surface area (Å²) in [6.07, 6.45) is 3.57. The number of carboxylic acid groups (broad SMARTS) is 1. The topological polar surface area (TPSA) is 102 Å². The number of carboxylic acids is 1. The van der Waals surface area contributed by atoms with Gasteiger partial charge in [-0.25, -0.2) is 0 Å². The summed E-state index contributed by atoms with van der Waals surface area (Å²) < 4.78 is 5.23. The van der Waals surface area contributed by atoms with Gasteiger partial charge >= 0.3 is 5.97 Å². The number of nitrogens with one attached hydrogen (secondary N) is 1. The maximum atomic E-state index is 12.0. The van der Waals surface area contributed by atoms with Gasteiger partial charge in [0, 0.05) is 19.0 Å². The van der Waals surface area contributed by atoms with Crippen LogP contribution in [0, 0.1) is 5.41 Å². The van der Waals surface area contributed by atoms with Gasteiger partial charge in [-0.05, 0) is 19.8 Å². The Balaban J connectivity index is 2.09. The summed E-state index contributed by atoms with van der Waals surface area (Å²) in [5.41, 5.74) is 5.25. The molecular weight excluding hydrogens is 248 g/mol. The summed E-state index contributed by atoms with van der Waals surface area (Å²) in [7, 11) is 0. The number of ether oxygens (including phenoxy) is 1. The van der Waals surface area contributed by atoms with E-state index >= 15 is 0 Å². The SMILES string of the molecule is CC1(C(=O)NCCCCCCC(=O)O)COCC1N. The van der Waals surface area contributed by atoms with Gasteiger partial charge in [-0.15, -0.1) is 0 Å². The summed E-state index contributed by atoms with van der Waals surface area (Å²) in [5, 5.41) is 11.4. The highest BCUT2D eigenvalue weighted by atomic mass is 16.5.